The van der Waals surface area contributed by atoms with E-state index in [1.165, 1.54) is 20.8 Å². The first-order valence-corrected chi connectivity index (χ1v) is 15.6. The molecule has 6 rings (SSSR count). The van der Waals surface area contributed by atoms with E-state index in [-0.39, 0.29) is 0 Å². The number of nitrogens with zero attached hydrogens (tertiary/aromatic N) is 1. The molecule has 1 heterocycles. The van der Waals surface area contributed by atoms with Crippen molar-refractivity contribution in [1.29, 1.82) is 0 Å². The normalized spacial score (nSPS) is 16.6. The minimum atomic E-state index is -3.42. The van der Waals surface area contributed by atoms with Gasteiger partial charge in [-0.15, -0.1) is 0 Å². The molecule has 0 bridgehead atoms. The Balaban J connectivity index is 1.85. The van der Waals surface area contributed by atoms with E-state index in [4.69, 9.17) is 9.73 Å². The second-order valence-corrected chi connectivity index (χ2v) is 16.2. The van der Waals surface area contributed by atoms with Gasteiger partial charge in [-0.05, 0) is 0 Å². The van der Waals surface area contributed by atoms with E-state index >= 15 is 0 Å². The number of methoxy groups -OCH3 is 1. The zero-order valence-electron chi connectivity index (χ0n) is 20.0. The summed E-state index contributed by atoms with van der Waals surface area (Å²) in [4.78, 5) is 6.74. The molecule has 0 amide bonds. The molecule has 1 aliphatic rings. The third-order valence-electron chi connectivity index (χ3n) is 6.87. The van der Waals surface area contributed by atoms with Crippen LogP contribution < -0.4 is 20.7 Å². The number of hydrogen-bond acceptors (Lipinski definition) is 3. The van der Waals surface area contributed by atoms with E-state index in [0.717, 1.165) is 22.5 Å². The van der Waals surface area contributed by atoms with Crippen LogP contribution in [0.2, 0.25) is 0 Å². The van der Waals surface area contributed by atoms with Crippen molar-refractivity contribution < 1.29 is 4.74 Å². The van der Waals surface area contributed by atoms with E-state index in [0.29, 0.717) is 0 Å². The van der Waals surface area contributed by atoms with Gasteiger partial charge in [-0.25, -0.2) is 0 Å². The van der Waals surface area contributed by atoms with Gasteiger partial charge in [0.1, 0.15) is 0 Å². The molecule has 4 heteroatoms. The summed E-state index contributed by atoms with van der Waals surface area (Å²) < 4.78 is 5.51. The Hall–Kier alpha value is -3.65. The molecule has 0 aliphatic carbocycles. The predicted octanol–water partition coefficient (Wildman–Crippen LogP) is 7.32. The van der Waals surface area contributed by atoms with Crippen LogP contribution in [0.15, 0.2) is 149 Å². The van der Waals surface area contributed by atoms with Crippen molar-refractivity contribution in [2.75, 3.05) is 7.11 Å². The summed E-state index contributed by atoms with van der Waals surface area (Å²) >= 11 is 1.99. The second-order valence-electron chi connectivity index (χ2n) is 8.77. The van der Waals surface area contributed by atoms with Gasteiger partial charge in [0.15, 0.2) is 0 Å². The van der Waals surface area contributed by atoms with E-state index < -0.39 is 5.81 Å². The van der Waals surface area contributed by atoms with E-state index in [2.05, 4.69) is 127 Å². The molecule has 0 atom stereocenters. The molecule has 2 nitrogen and oxygen atoms in total. The van der Waals surface area contributed by atoms with Gasteiger partial charge >= 0.3 is 217 Å². The number of aliphatic imine (C=N–C) groups is 1. The van der Waals surface area contributed by atoms with Gasteiger partial charge in [-0.2, -0.15) is 0 Å². The molecule has 0 saturated heterocycles. The Morgan fingerprint density at radius 2 is 1.03 bits per heavy atom. The fourth-order valence-corrected chi connectivity index (χ4v) is 15.6. The first-order valence-electron chi connectivity index (χ1n) is 12.0. The SMILES string of the molecule is COc1ccc(C2=Nc3ccccc3SP2(c2ccccc2)(c2ccccc2)c2ccccc2)cc1. The number of rotatable bonds is 5. The Morgan fingerprint density at radius 3 is 1.53 bits per heavy atom. The van der Waals surface area contributed by atoms with Crippen molar-refractivity contribution in [2.24, 2.45) is 4.99 Å². The summed E-state index contributed by atoms with van der Waals surface area (Å²) in [6.07, 6.45) is 0. The average molecular weight is 504 g/mol. The number of fused-ring (bicyclic) bond motifs is 1. The fraction of sp³-hybridized carbons (Fsp3) is 0.0312. The van der Waals surface area contributed by atoms with Crippen LogP contribution in [-0.4, -0.2) is 12.6 Å². The molecule has 5 aromatic rings. The van der Waals surface area contributed by atoms with Crippen LogP contribution in [-0.2, 0) is 0 Å². The number of hydrogen-bond donors (Lipinski definition) is 0. The van der Waals surface area contributed by atoms with Gasteiger partial charge in [0.2, 0.25) is 0 Å². The third kappa shape index (κ3) is 3.27. The molecule has 0 saturated carbocycles. The molecular weight excluding hydrogens is 477 g/mol. The first-order chi connectivity index (χ1) is 17.8. The van der Waals surface area contributed by atoms with Crippen molar-refractivity contribution in [3.63, 3.8) is 0 Å². The quantitative estimate of drug-likeness (QED) is 0.234. The van der Waals surface area contributed by atoms with Gasteiger partial charge in [0.25, 0.3) is 0 Å². The molecule has 0 aromatic heterocycles. The monoisotopic (exact) mass is 503 g/mol. The molecule has 0 N–H and O–H groups in total. The molecule has 0 spiro atoms. The van der Waals surface area contributed by atoms with E-state index in [1.807, 2.05) is 23.5 Å². The first kappa shape index (κ1) is 22.8. The van der Waals surface area contributed by atoms with Crippen LogP contribution in [0.25, 0.3) is 0 Å². The summed E-state index contributed by atoms with van der Waals surface area (Å²) in [5.74, 6) is -2.58. The van der Waals surface area contributed by atoms with Gasteiger partial charge in [0, 0.05) is 0 Å². The van der Waals surface area contributed by atoms with Crippen LogP contribution in [0.3, 0.4) is 0 Å². The maximum atomic E-state index is 5.54. The van der Waals surface area contributed by atoms with E-state index in [1.54, 1.807) is 7.11 Å². The second kappa shape index (κ2) is 9.09. The number of ether oxygens (including phenoxy) is 1. The molecule has 176 valence electrons. The van der Waals surface area contributed by atoms with Crippen molar-refractivity contribution >= 4 is 44.2 Å². The molecule has 0 radical (unpaired) electrons. The van der Waals surface area contributed by atoms with E-state index in [9.17, 15) is 0 Å². The van der Waals surface area contributed by atoms with Gasteiger partial charge < -0.3 is 0 Å². The summed E-state index contributed by atoms with van der Waals surface area (Å²) in [6, 6.07) is 49.9. The van der Waals surface area contributed by atoms with Crippen molar-refractivity contribution in [2.45, 2.75) is 4.90 Å². The number of benzene rings is 5. The topological polar surface area (TPSA) is 21.6 Å². The van der Waals surface area contributed by atoms with Crippen LogP contribution >= 0.6 is 17.2 Å². The molecular formula is C32H26NOPS. The van der Waals surface area contributed by atoms with Crippen LogP contribution in [0.4, 0.5) is 5.69 Å². The summed E-state index contributed by atoms with van der Waals surface area (Å²) in [5.41, 5.74) is 3.22. The Morgan fingerprint density at radius 1 is 0.556 bits per heavy atom. The number of para-hydroxylation sites is 1. The Kier molecular flexibility index (Phi) is 5.76. The van der Waals surface area contributed by atoms with Crippen molar-refractivity contribution in [1.82, 2.24) is 0 Å². The van der Waals surface area contributed by atoms with Gasteiger partial charge in [-0.3, -0.25) is 0 Å². The molecule has 5 aromatic carbocycles. The predicted molar refractivity (Wildman–Crippen MR) is 157 cm³/mol. The average Bonchev–Trinajstić information content (AvgIpc) is 2.98. The summed E-state index contributed by atoms with van der Waals surface area (Å²) in [6.45, 7) is 0. The molecule has 36 heavy (non-hydrogen) atoms. The minimum absolute atomic E-state index is 0.836. The van der Waals surface area contributed by atoms with Crippen LogP contribution in [0.1, 0.15) is 5.56 Å². The van der Waals surface area contributed by atoms with Crippen molar-refractivity contribution in [3.05, 3.63) is 145 Å². The molecule has 1 aliphatic heterocycles. The zero-order valence-corrected chi connectivity index (χ0v) is 21.7. The molecule has 0 unspecified atom stereocenters. The summed E-state index contributed by atoms with van der Waals surface area (Å²) in [7, 11) is 1.71. The van der Waals surface area contributed by atoms with Gasteiger partial charge in [-0.1, -0.05) is 0 Å². The standard InChI is InChI=1S/C32H26NOPS/c1-34-26-23-21-25(22-24-26)32-33-30-19-11-12-20-31(30)36-35(32,27-13-5-2-6-14-27,28-15-7-3-8-16-28)29-17-9-4-10-18-29/h2-24H,1H3. The summed E-state index contributed by atoms with van der Waals surface area (Å²) in [5, 5.41) is 3.86. The van der Waals surface area contributed by atoms with Gasteiger partial charge in [0.05, 0.1) is 0 Å². The van der Waals surface area contributed by atoms with Crippen molar-refractivity contribution in [3.8, 4) is 5.75 Å². The van der Waals surface area contributed by atoms with Crippen LogP contribution in [0.5, 0.6) is 5.75 Å². The molecule has 0 fully saturated rings. The maximum absolute atomic E-state index is 5.54. The fourth-order valence-electron chi connectivity index (χ4n) is 5.24. The third-order valence-corrected chi connectivity index (χ3v) is 16.9. The van der Waals surface area contributed by atoms with Crippen LogP contribution in [0, 0.1) is 0 Å². The Labute approximate surface area is 216 Å². The Bertz CT molecular complexity index is 1430. The zero-order chi connectivity index (χ0) is 24.5.